The Hall–Kier alpha value is -2.45. The van der Waals surface area contributed by atoms with Crippen molar-refractivity contribution in [2.75, 3.05) is 13.1 Å². The predicted octanol–water partition coefficient (Wildman–Crippen LogP) is 2.94. The fraction of sp³-hybridized carbons (Fsp3) is 0.500. The van der Waals surface area contributed by atoms with Crippen molar-refractivity contribution >= 4 is 27.8 Å². The van der Waals surface area contributed by atoms with Crippen LogP contribution in [0.25, 0.3) is 0 Å². The Labute approximate surface area is 200 Å². The predicted molar refractivity (Wildman–Crippen MR) is 111 cm³/mol. The van der Waals surface area contributed by atoms with Gasteiger partial charge in [-0.2, -0.15) is 13.2 Å². The topological polar surface area (TPSA) is 88.3 Å². The van der Waals surface area contributed by atoms with E-state index in [4.69, 9.17) is 15.3 Å². The standard InChI is InChI=1S/C20H22BrF5N4O4/c1-10(2)29-16(31)15(21)17(33-9-11-3-4-12(22)7-14(11)23)30(34-18(32)20(24,25)26)19(29)28-6-5-13(27)8-28/h3-4,7,10,13,19H,5-6,8-9,27H2,1-2H3. The van der Waals surface area contributed by atoms with E-state index in [9.17, 15) is 31.5 Å². The van der Waals surface area contributed by atoms with E-state index in [0.29, 0.717) is 24.1 Å². The van der Waals surface area contributed by atoms with Crippen LogP contribution in [-0.4, -0.2) is 64.4 Å². The molecule has 0 bridgehead atoms. The summed E-state index contributed by atoms with van der Waals surface area (Å²) in [4.78, 5) is 32.4. The van der Waals surface area contributed by atoms with Crippen LogP contribution in [0, 0.1) is 11.6 Å². The van der Waals surface area contributed by atoms with Crippen LogP contribution in [0.4, 0.5) is 22.0 Å². The summed E-state index contributed by atoms with van der Waals surface area (Å²) in [6.45, 7) is 3.14. The molecule has 0 spiro atoms. The molecule has 2 heterocycles. The molecule has 2 unspecified atom stereocenters. The maximum Gasteiger partial charge on any atom is 0.493 e. The van der Waals surface area contributed by atoms with Gasteiger partial charge in [0.25, 0.3) is 5.91 Å². The normalized spacial score (nSPS) is 22.1. The molecule has 1 saturated heterocycles. The lowest BCUT2D eigenvalue weighted by atomic mass is 10.2. The quantitative estimate of drug-likeness (QED) is 0.539. The average Bonchev–Trinajstić information content (AvgIpc) is 3.16. The van der Waals surface area contributed by atoms with Crippen molar-refractivity contribution in [3.63, 3.8) is 0 Å². The van der Waals surface area contributed by atoms with Crippen LogP contribution in [0.3, 0.4) is 0 Å². The molecule has 0 aliphatic carbocycles. The van der Waals surface area contributed by atoms with Gasteiger partial charge in [0, 0.05) is 36.8 Å². The van der Waals surface area contributed by atoms with Crippen molar-refractivity contribution in [1.82, 2.24) is 14.9 Å². The molecule has 1 amide bonds. The number of hydroxylamine groups is 2. The zero-order valence-electron chi connectivity index (χ0n) is 18.1. The van der Waals surface area contributed by atoms with Gasteiger partial charge < -0.3 is 15.3 Å². The third kappa shape index (κ3) is 5.44. The number of carbonyl (C=O) groups is 2. The Kier molecular flexibility index (Phi) is 7.72. The van der Waals surface area contributed by atoms with E-state index >= 15 is 0 Å². The molecule has 34 heavy (non-hydrogen) atoms. The van der Waals surface area contributed by atoms with Crippen molar-refractivity contribution < 1.29 is 41.1 Å². The Morgan fingerprint density at radius 1 is 1.29 bits per heavy atom. The second-order valence-electron chi connectivity index (χ2n) is 8.04. The fourth-order valence-corrected chi connectivity index (χ4v) is 4.11. The molecule has 0 aromatic heterocycles. The Morgan fingerprint density at radius 2 is 1.97 bits per heavy atom. The van der Waals surface area contributed by atoms with Gasteiger partial charge in [0.1, 0.15) is 22.7 Å². The number of amides is 1. The van der Waals surface area contributed by atoms with Crippen molar-refractivity contribution in [1.29, 1.82) is 0 Å². The van der Waals surface area contributed by atoms with E-state index in [-0.39, 0.29) is 22.6 Å². The molecule has 0 radical (unpaired) electrons. The molecule has 2 N–H and O–H groups in total. The first kappa shape index (κ1) is 26.2. The number of carbonyl (C=O) groups excluding carboxylic acids is 2. The first-order valence-corrected chi connectivity index (χ1v) is 11.0. The second-order valence-corrected chi connectivity index (χ2v) is 8.84. The molecule has 2 atom stereocenters. The summed E-state index contributed by atoms with van der Waals surface area (Å²) in [5.74, 6) is -5.59. The summed E-state index contributed by atoms with van der Waals surface area (Å²) in [6.07, 6.45) is -6.18. The highest BCUT2D eigenvalue weighted by molar-refractivity contribution is 9.12. The summed E-state index contributed by atoms with van der Waals surface area (Å²) in [6, 6.07) is 1.78. The molecule has 1 fully saturated rings. The number of likely N-dealkylation sites (tertiary alicyclic amines) is 1. The van der Waals surface area contributed by atoms with Crippen LogP contribution in [0.1, 0.15) is 25.8 Å². The monoisotopic (exact) mass is 556 g/mol. The molecular formula is C20H22BrF5N4O4. The molecule has 1 aromatic rings. The van der Waals surface area contributed by atoms with Crippen molar-refractivity contribution in [3.8, 4) is 0 Å². The van der Waals surface area contributed by atoms with Gasteiger partial charge in [0.05, 0.1) is 0 Å². The van der Waals surface area contributed by atoms with E-state index in [0.717, 1.165) is 12.1 Å². The van der Waals surface area contributed by atoms with Crippen LogP contribution in [-0.2, 0) is 25.8 Å². The number of nitrogens with two attached hydrogens (primary N) is 1. The summed E-state index contributed by atoms with van der Waals surface area (Å²) >= 11 is 3.01. The highest BCUT2D eigenvalue weighted by atomic mass is 79.9. The zero-order chi connectivity index (χ0) is 25.4. The van der Waals surface area contributed by atoms with Crippen LogP contribution in [0.15, 0.2) is 28.6 Å². The zero-order valence-corrected chi connectivity index (χ0v) is 19.7. The van der Waals surface area contributed by atoms with Gasteiger partial charge in [-0.05, 0) is 48.3 Å². The number of rotatable bonds is 6. The maximum absolute atomic E-state index is 14.1. The Balaban J connectivity index is 2.04. The van der Waals surface area contributed by atoms with E-state index in [1.165, 1.54) is 4.90 Å². The molecule has 8 nitrogen and oxygen atoms in total. The first-order chi connectivity index (χ1) is 15.8. The molecule has 2 aliphatic rings. The minimum absolute atomic E-state index is 0.144. The summed E-state index contributed by atoms with van der Waals surface area (Å²) in [5.41, 5.74) is 5.81. The number of hydrogen-bond donors (Lipinski definition) is 1. The van der Waals surface area contributed by atoms with Gasteiger partial charge in [-0.25, -0.2) is 13.6 Å². The van der Waals surface area contributed by atoms with E-state index in [1.807, 2.05) is 0 Å². The Bertz CT molecular complexity index is 990. The number of benzene rings is 1. The van der Waals surface area contributed by atoms with Gasteiger partial charge in [-0.15, -0.1) is 5.06 Å². The largest absolute Gasteiger partial charge is 0.493 e. The smallest absolute Gasteiger partial charge is 0.471 e. The number of alkyl halides is 3. The lowest BCUT2D eigenvalue weighted by Gasteiger charge is -2.48. The molecule has 14 heteroatoms. The van der Waals surface area contributed by atoms with E-state index in [1.54, 1.807) is 18.7 Å². The summed E-state index contributed by atoms with van der Waals surface area (Å²) in [7, 11) is 0. The average molecular weight is 557 g/mol. The molecule has 2 aliphatic heterocycles. The van der Waals surface area contributed by atoms with Crippen LogP contribution in [0.2, 0.25) is 0 Å². The lowest BCUT2D eigenvalue weighted by Crippen LogP contribution is -2.64. The summed E-state index contributed by atoms with van der Waals surface area (Å²) in [5, 5.41) is 0.529. The summed E-state index contributed by atoms with van der Waals surface area (Å²) < 4.78 is 71.7. The number of ether oxygens (including phenoxy) is 1. The van der Waals surface area contributed by atoms with Crippen LogP contribution < -0.4 is 5.73 Å². The van der Waals surface area contributed by atoms with Crippen molar-refractivity contribution in [2.45, 2.75) is 51.4 Å². The van der Waals surface area contributed by atoms with Gasteiger partial charge in [0.15, 0.2) is 0 Å². The third-order valence-corrected chi connectivity index (χ3v) is 5.88. The highest BCUT2D eigenvalue weighted by Crippen LogP contribution is 2.36. The van der Waals surface area contributed by atoms with Crippen LogP contribution in [0.5, 0.6) is 0 Å². The molecule has 1 aromatic carbocycles. The first-order valence-electron chi connectivity index (χ1n) is 10.2. The Morgan fingerprint density at radius 3 is 2.50 bits per heavy atom. The van der Waals surface area contributed by atoms with E-state index in [2.05, 4.69) is 15.9 Å². The van der Waals surface area contributed by atoms with Gasteiger partial charge in [0.2, 0.25) is 12.2 Å². The van der Waals surface area contributed by atoms with Crippen molar-refractivity contribution in [2.24, 2.45) is 5.73 Å². The maximum atomic E-state index is 14.1. The lowest BCUT2D eigenvalue weighted by molar-refractivity contribution is -0.278. The third-order valence-electron chi connectivity index (χ3n) is 5.20. The van der Waals surface area contributed by atoms with Crippen molar-refractivity contribution in [3.05, 3.63) is 45.8 Å². The second kappa shape index (κ2) is 10.0. The highest BCUT2D eigenvalue weighted by Gasteiger charge is 2.51. The minimum Gasteiger partial charge on any atom is -0.471 e. The SMILES string of the molecule is CC(C)N1C(=O)C(Br)=C(OCc2ccc(F)cc2F)N(OC(=O)C(F)(F)F)C1N1CCC(N)C1. The number of halogens is 6. The van der Waals surface area contributed by atoms with Gasteiger partial charge in [-0.3, -0.25) is 14.6 Å². The minimum atomic E-state index is -5.35. The van der Waals surface area contributed by atoms with Crippen LogP contribution >= 0.6 is 15.9 Å². The number of nitrogens with zero attached hydrogens (tertiary/aromatic N) is 3. The van der Waals surface area contributed by atoms with Gasteiger partial charge >= 0.3 is 12.1 Å². The molecule has 3 rings (SSSR count). The van der Waals surface area contributed by atoms with Gasteiger partial charge in [-0.1, -0.05) is 0 Å². The molecular weight excluding hydrogens is 535 g/mol. The van der Waals surface area contributed by atoms with E-state index < -0.39 is 54.5 Å². The number of hydrogen-bond acceptors (Lipinski definition) is 7. The molecule has 0 saturated carbocycles. The fourth-order valence-electron chi connectivity index (χ4n) is 3.62. The molecule has 188 valence electrons.